The van der Waals surface area contributed by atoms with E-state index in [2.05, 4.69) is 20.3 Å². The molecule has 1 fully saturated rings. The number of carboxylic acid groups (broad SMARTS) is 1. The molecule has 13 nitrogen and oxygen atoms in total. The van der Waals surface area contributed by atoms with Gasteiger partial charge in [0.05, 0.1) is 25.5 Å². The third-order valence-electron chi connectivity index (χ3n) is 7.25. The van der Waals surface area contributed by atoms with Gasteiger partial charge < -0.3 is 25.6 Å². The molecule has 0 spiro atoms. The number of nitrogens with two attached hydrogens (primary N) is 1. The van der Waals surface area contributed by atoms with Crippen LogP contribution in [0.2, 0.25) is 0 Å². The van der Waals surface area contributed by atoms with Crippen LogP contribution in [0.3, 0.4) is 0 Å². The van der Waals surface area contributed by atoms with Crippen LogP contribution in [0.15, 0.2) is 46.3 Å². The number of ether oxygens (including phenoxy) is 2. The number of amides is 2. The van der Waals surface area contributed by atoms with Crippen molar-refractivity contribution >= 4 is 39.5 Å². The minimum absolute atomic E-state index is 0.0159. The number of guanidine groups is 1. The highest BCUT2D eigenvalue weighted by Gasteiger charge is 2.38. The van der Waals surface area contributed by atoms with Crippen LogP contribution in [0.5, 0.6) is 11.5 Å². The number of carbonyl (C=O) groups is 3. The van der Waals surface area contributed by atoms with Gasteiger partial charge in [-0.1, -0.05) is 44.2 Å². The first-order valence-corrected chi connectivity index (χ1v) is 16.0. The fourth-order valence-corrected chi connectivity index (χ4v) is 5.51. The second kappa shape index (κ2) is 17.5. The van der Waals surface area contributed by atoms with E-state index in [0.717, 1.165) is 32.1 Å². The van der Waals surface area contributed by atoms with Crippen molar-refractivity contribution in [2.24, 2.45) is 16.6 Å². The molecular formula is C30H40F3N5O8S. The number of carbonyl (C=O) groups excluding carboxylic acids is 2. The first-order valence-electron chi connectivity index (χ1n) is 14.5. The number of nitrogens with one attached hydrogen (secondary N) is 3. The predicted octanol–water partition coefficient (Wildman–Crippen LogP) is 3.50. The van der Waals surface area contributed by atoms with Crippen LogP contribution in [0.4, 0.5) is 18.9 Å². The van der Waals surface area contributed by atoms with Crippen molar-refractivity contribution in [3.8, 4) is 11.5 Å². The van der Waals surface area contributed by atoms with Gasteiger partial charge in [-0.15, -0.1) is 0 Å². The molecule has 0 bridgehead atoms. The summed E-state index contributed by atoms with van der Waals surface area (Å²) in [7, 11) is 0.676. The number of methoxy groups -OCH3 is 2. The van der Waals surface area contributed by atoms with Crippen LogP contribution in [0.25, 0.3) is 0 Å². The number of nitrogens with zero attached hydrogens (tertiary/aromatic N) is 1. The maximum absolute atomic E-state index is 13.4. The highest BCUT2D eigenvalue weighted by Crippen LogP contribution is 2.30. The third kappa shape index (κ3) is 12.4. The fourth-order valence-electron chi connectivity index (χ4n) is 4.76. The maximum atomic E-state index is 13.4. The highest BCUT2D eigenvalue weighted by atomic mass is 32.2. The molecule has 1 saturated carbocycles. The van der Waals surface area contributed by atoms with Crippen molar-refractivity contribution in [2.45, 2.75) is 69.0 Å². The zero-order valence-corrected chi connectivity index (χ0v) is 27.3. The SMILES string of the molecule is CNS(=O)(=O)c1ccc(C)c(NC(=O)[C@H](CC2CCCCC2)N=C(N)NC(=O)Cc2ccc(OC)c(OC)c2)c1.O=C(O)C(F)(F)F. The molecule has 1 aliphatic carbocycles. The monoisotopic (exact) mass is 687 g/mol. The third-order valence-corrected chi connectivity index (χ3v) is 8.66. The van der Waals surface area contributed by atoms with Gasteiger partial charge in [-0.25, -0.2) is 22.9 Å². The van der Waals surface area contributed by atoms with Gasteiger partial charge in [0.2, 0.25) is 21.8 Å². The Morgan fingerprint density at radius 3 is 2.21 bits per heavy atom. The number of sulfonamides is 1. The minimum atomic E-state index is -5.08. The van der Waals surface area contributed by atoms with Crippen LogP contribution in [-0.4, -0.2) is 70.8 Å². The topological polar surface area (TPSA) is 199 Å². The van der Waals surface area contributed by atoms with Gasteiger partial charge in [0, 0.05) is 5.69 Å². The van der Waals surface area contributed by atoms with E-state index in [1.165, 1.54) is 33.4 Å². The Hall–Kier alpha value is -4.38. The maximum Gasteiger partial charge on any atom is 0.490 e. The number of alkyl halides is 3. The summed E-state index contributed by atoms with van der Waals surface area (Å²) in [4.78, 5) is 39.5. The summed E-state index contributed by atoms with van der Waals surface area (Å²) in [6, 6.07) is 8.81. The van der Waals surface area contributed by atoms with Crippen LogP contribution < -0.4 is 30.6 Å². The zero-order valence-electron chi connectivity index (χ0n) is 26.4. The molecule has 0 unspecified atom stereocenters. The van der Waals surface area contributed by atoms with Gasteiger partial charge in [-0.3, -0.25) is 14.9 Å². The average molecular weight is 688 g/mol. The standard InChI is InChI=1S/C28H39N5O6S.C2HF3O2/c1-18-10-12-21(40(36,37)30-2)17-22(18)31-27(35)23(14-19-8-6-5-7-9-19)32-28(29)33-26(34)16-20-11-13-24(38-3)25(15-20)39-4;3-2(4,5)1(6)7/h10-13,15,17,19,23,30H,5-9,14,16H2,1-4H3,(H,31,35)(H3,29,32,33,34);(H,6,7)/t23-;/m0./s1. The summed E-state index contributed by atoms with van der Waals surface area (Å²) in [5.74, 6) is -2.40. The second-order valence-electron chi connectivity index (χ2n) is 10.7. The number of benzene rings is 2. The van der Waals surface area contributed by atoms with Crippen molar-refractivity contribution in [1.82, 2.24) is 10.0 Å². The number of rotatable bonds is 11. The number of halogens is 3. The Balaban J connectivity index is 0.000000984. The highest BCUT2D eigenvalue weighted by molar-refractivity contribution is 7.89. The molecule has 1 atom stereocenters. The molecule has 0 saturated heterocycles. The van der Waals surface area contributed by atoms with Crippen LogP contribution >= 0.6 is 0 Å². The molecule has 2 aromatic rings. The Morgan fingerprint density at radius 1 is 1.04 bits per heavy atom. The molecule has 3 rings (SSSR count). The van der Waals surface area contributed by atoms with Crippen LogP contribution in [0.1, 0.15) is 49.7 Å². The number of carboxylic acids is 1. The molecule has 0 radical (unpaired) electrons. The minimum Gasteiger partial charge on any atom is -0.493 e. The molecule has 0 heterocycles. The predicted molar refractivity (Wildman–Crippen MR) is 168 cm³/mol. The van der Waals surface area contributed by atoms with Crippen molar-refractivity contribution in [2.75, 3.05) is 26.6 Å². The summed E-state index contributed by atoms with van der Waals surface area (Å²) < 4.78 is 69.1. The number of hydrogen-bond donors (Lipinski definition) is 5. The molecule has 0 aliphatic heterocycles. The van der Waals surface area contributed by atoms with Gasteiger partial charge in [0.25, 0.3) is 0 Å². The first-order chi connectivity index (χ1) is 22.0. The number of aliphatic imine (C=N–C) groups is 1. The summed E-state index contributed by atoms with van der Waals surface area (Å²) in [5.41, 5.74) is 7.85. The number of anilines is 1. The van der Waals surface area contributed by atoms with Crippen molar-refractivity contribution < 1.29 is 50.6 Å². The molecule has 1 aliphatic rings. The lowest BCUT2D eigenvalue weighted by atomic mass is 9.84. The van der Waals surface area contributed by atoms with E-state index >= 15 is 0 Å². The smallest absolute Gasteiger partial charge is 0.490 e. The van der Waals surface area contributed by atoms with Crippen molar-refractivity contribution in [3.63, 3.8) is 0 Å². The molecule has 0 aromatic heterocycles. The molecule has 2 aromatic carbocycles. The lowest BCUT2D eigenvalue weighted by molar-refractivity contribution is -0.192. The Morgan fingerprint density at radius 2 is 1.66 bits per heavy atom. The molecule has 47 heavy (non-hydrogen) atoms. The molecule has 6 N–H and O–H groups in total. The number of hydrogen-bond acceptors (Lipinski definition) is 8. The quantitative estimate of drug-likeness (QED) is 0.173. The fraction of sp³-hybridized carbons (Fsp3) is 0.467. The number of aliphatic carboxylic acids is 1. The van der Waals surface area contributed by atoms with Gasteiger partial charge in [0.15, 0.2) is 17.5 Å². The van der Waals surface area contributed by atoms with Crippen molar-refractivity contribution in [3.05, 3.63) is 47.5 Å². The normalized spacial score (nSPS) is 14.7. The van der Waals surface area contributed by atoms with E-state index in [1.807, 2.05) is 0 Å². The summed E-state index contributed by atoms with van der Waals surface area (Å²) >= 11 is 0. The summed E-state index contributed by atoms with van der Waals surface area (Å²) in [6.07, 6.45) is 0.705. The van der Waals surface area contributed by atoms with E-state index in [0.29, 0.717) is 40.7 Å². The van der Waals surface area contributed by atoms with E-state index in [-0.39, 0.29) is 17.3 Å². The van der Waals surface area contributed by atoms with Gasteiger partial charge in [0.1, 0.15) is 6.04 Å². The summed E-state index contributed by atoms with van der Waals surface area (Å²) in [6.45, 7) is 1.77. The Bertz CT molecular complexity index is 1540. The Kier molecular flexibility index (Phi) is 14.5. The lowest BCUT2D eigenvalue weighted by Gasteiger charge is -2.25. The first kappa shape index (κ1) is 38.8. The van der Waals surface area contributed by atoms with E-state index < -0.39 is 40.0 Å². The number of aryl methyl sites for hydroxylation is 1. The molecule has 2 amide bonds. The average Bonchev–Trinajstić information content (AvgIpc) is 3.01. The van der Waals surface area contributed by atoms with Crippen LogP contribution in [0, 0.1) is 12.8 Å². The van der Waals surface area contributed by atoms with Gasteiger partial charge >= 0.3 is 12.1 Å². The van der Waals surface area contributed by atoms with E-state index in [1.54, 1.807) is 31.2 Å². The van der Waals surface area contributed by atoms with E-state index in [4.69, 9.17) is 25.1 Å². The molecule has 17 heteroatoms. The van der Waals surface area contributed by atoms with Crippen molar-refractivity contribution in [1.29, 1.82) is 0 Å². The van der Waals surface area contributed by atoms with Gasteiger partial charge in [-0.05, 0) is 61.7 Å². The lowest BCUT2D eigenvalue weighted by Crippen LogP contribution is -2.40. The van der Waals surface area contributed by atoms with Crippen LogP contribution in [-0.2, 0) is 30.8 Å². The zero-order chi connectivity index (χ0) is 35.4. The largest absolute Gasteiger partial charge is 0.493 e. The van der Waals surface area contributed by atoms with Gasteiger partial charge in [-0.2, -0.15) is 13.2 Å². The second-order valence-corrected chi connectivity index (χ2v) is 12.5. The Labute approximate surface area is 271 Å². The molecule has 260 valence electrons. The molecular weight excluding hydrogens is 647 g/mol. The summed E-state index contributed by atoms with van der Waals surface area (Å²) in [5, 5.41) is 12.5. The van der Waals surface area contributed by atoms with E-state index in [9.17, 15) is 31.2 Å².